The van der Waals surface area contributed by atoms with Crippen LogP contribution in [-0.2, 0) is 24.0 Å². The molecule has 0 saturated heterocycles. The van der Waals surface area contributed by atoms with Gasteiger partial charge in [-0.2, -0.15) is 0 Å². The van der Waals surface area contributed by atoms with E-state index in [1.54, 1.807) is 24.3 Å². The molecule has 0 fully saturated rings. The molecule has 0 heterocycles. The van der Waals surface area contributed by atoms with E-state index in [1.807, 2.05) is 0 Å². The summed E-state index contributed by atoms with van der Waals surface area (Å²) < 4.78 is 9.96. The average Bonchev–Trinajstić information content (AvgIpc) is 2.75. The topological polar surface area (TPSA) is 208 Å². The zero-order chi connectivity index (χ0) is 24.1. The SMILES string of the molecule is NC(CCC(=O)NC(CSCC(=O)Nc1ccc([AsH]O)cc1)C(=O)NCC(=O)O)C(=O)O. The number of rotatable bonds is 14. The molecule has 8 N–H and O–H groups in total. The van der Waals surface area contributed by atoms with Gasteiger partial charge in [0.05, 0.1) is 0 Å². The zero-order valence-corrected chi connectivity index (χ0v) is 19.8. The predicted octanol–water partition coefficient (Wildman–Crippen LogP) is -2.79. The first-order chi connectivity index (χ1) is 15.1. The van der Waals surface area contributed by atoms with Crippen LogP contribution in [0.3, 0.4) is 0 Å². The Morgan fingerprint density at radius 3 is 2.28 bits per heavy atom. The zero-order valence-electron chi connectivity index (χ0n) is 16.9. The third kappa shape index (κ3) is 11.1. The van der Waals surface area contributed by atoms with E-state index in [1.165, 1.54) is 0 Å². The van der Waals surface area contributed by atoms with Crippen molar-refractivity contribution in [3.05, 3.63) is 24.3 Å². The number of carboxylic acids is 2. The van der Waals surface area contributed by atoms with Gasteiger partial charge in [0.15, 0.2) is 0 Å². The molecule has 0 aromatic heterocycles. The van der Waals surface area contributed by atoms with Gasteiger partial charge >= 0.3 is 139 Å². The maximum absolute atomic E-state index is 12.2. The molecule has 0 radical (unpaired) electrons. The number of hydrogen-bond donors (Lipinski definition) is 7. The van der Waals surface area contributed by atoms with Crippen LogP contribution < -0.4 is 26.0 Å². The Bertz CT molecular complexity index is 824. The van der Waals surface area contributed by atoms with Crippen molar-refractivity contribution < 1.29 is 38.3 Å². The van der Waals surface area contributed by atoms with Gasteiger partial charge in [-0.25, -0.2) is 0 Å². The number of aliphatic carboxylic acids is 2. The summed E-state index contributed by atoms with van der Waals surface area (Å²) in [5.41, 5.74) is 5.89. The van der Waals surface area contributed by atoms with E-state index in [2.05, 4.69) is 16.0 Å². The van der Waals surface area contributed by atoms with Gasteiger partial charge in [-0.3, -0.25) is 14.4 Å². The van der Waals surface area contributed by atoms with Crippen LogP contribution >= 0.6 is 11.8 Å². The summed E-state index contributed by atoms with van der Waals surface area (Å²) in [6, 6.07) is 4.36. The number of nitrogens with one attached hydrogen (secondary N) is 3. The minimum absolute atomic E-state index is 0.0237. The van der Waals surface area contributed by atoms with Crippen molar-refractivity contribution in [2.45, 2.75) is 24.9 Å². The van der Waals surface area contributed by atoms with Crippen LogP contribution in [0.5, 0.6) is 0 Å². The van der Waals surface area contributed by atoms with Gasteiger partial charge in [-0.1, -0.05) is 0 Å². The molecular formula is C18H25AsN4O8S. The molecule has 0 aliphatic carbocycles. The molecule has 176 valence electrons. The monoisotopic (exact) mass is 532 g/mol. The summed E-state index contributed by atoms with van der Waals surface area (Å²) >= 11 is -0.118. The summed E-state index contributed by atoms with van der Waals surface area (Å²) in [4.78, 5) is 57.8. The molecule has 32 heavy (non-hydrogen) atoms. The summed E-state index contributed by atoms with van der Waals surface area (Å²) in [5, 5.41) is 24.7. The van der Waals surface area contributed by atoms with Crippen molar-refractivity contribution in [2.75, 3.05) is 23.4 Å². The van der Waals surface area contributed by atoms with Crippen molar-refractivity contribution in [3.63, 3.8) is 0 Å². The summed E-state index contributed by atoms with van der Waals surface area (Å²) in [6.45, 7) is -0.646. The van der Waals surface area contributed by atoms with E-state index in [0.29, 0.717) is 5.69 Å². The van der Waals surface area contributed by atoms with E-state index in [9.17, 15) is 24.0 Å². The van der Waals surface area contributed by atoms with E-state index in [4.69, 9.17) is 20.0 Å². The number of carboxylic acid groups (broad SMARTS) is 2. The summed E-state index contributed by atoms with van der Waals surface area (Å²) in [6.07, 6.45) is -0.384. The van der Waals surface area contributed by atoms with Gasteiger partial charge in [0.1, 0.15) is 12.6 Å². The van der Waals surface area contributed by atoms with Gasteiger partial charge in [0.2, 0.25) is 0 Å². The Hall–Kier alpha value is -2.60. The molecule has 12 nitrogen and oxygen atoms in total. The first-order valence-electron chi connectivity index (χ1n) is 9.27. The fourth-order valence-electron chi connectivity index (χ4n) is 2.24. The van der Waals surface area contributed by atoms with Crippen LogP contribution in [-0.4, -0.2) is 90.2 Å². The van der Waals surface area contributed by atoms with Crippen LogP contribution in [0.15, 0.2) is 24.3 Å². The number of anilines is 1. The number of benzene rings is 1. The van der Waals surface area contributed by atoms with Crippen LogP contribution in [0, 0.1) is 0 Å². The molecule has 0 aliphatic rings. The minimum Gasteiger partial charge on any atom is -0.480 e. The standard InChI is InChI=1S/C18H25AsN4O8S/c20-12(18(29)30)5-6-14(24)23-13(17(28)21-7-16(26)27)8-32-9-15(25)22-11-3-1-10(19-31)2-4-11/h1-4,12-13,19,31H,5-9,20H2,(H,21,28)(H,22,25)(H,23,24)(H,26,27)(H,29,30). The first kappa shape index (κ1) is 27.4. The molecule has 3 amide bonds. The second-order valence-corrected chi connectivity index (χ2v) is 9.18. The minimum atomic E-state index is -1.27. The van der Waals surface area contributed by atoms with Gasteiger partial charge in [-0.05, 0) is 6.42 Å². The predicted molar refractivity (Wildman–Crippen MR) is 119 cm³/mol. The van der Waals surface area contributed by atoms with Crippen LogP contribution in [0.1, 0.15) is 12.8 Å². The van der Waals surface area contributed by atoms with Gasteiger partial charge in [0.25, 0.3) is 0 Å². The molecule has 1 rings (SSSR count). The van der Waals surface area contributed by atoms with Gasteiger partial charge in [-0.15, -0.1) is 0 Å². The Labute approximate surface area is 194 Å². The quantitative estimate of drug-likeness (QED) is 0.123. The Kier molecular flexibility index (Phi) is 12.4. The number of hydrogen-bond acceptors (Lipinski definition) is 8. The van der Waals surface area contributed by atoms with Crippen molar-refractivity contribution in [2.24, 2.45) is 5.73 Å². The second-order valence-electron chi connectivity index (χ2n) is 6.47. The molecule has 1 aromatic carbocycles. The van der Waals surface area contributed by atoms with Gasteiger partial charge < -0.3 is 15.9 Å². The first-order valence-corrected chi connectivity index (χ1v) is 12.4. The van der Waals surface area contributed by atoms with Gasteiger partial charge in [0, 0.05) is 6.42 Å². The number of carbonyl (C=O) groups excluding carboxylic acids is 3. The number of carbonyl (C=O) groups is 5. The van der Waals surface area contributed by atoms with E-state index in [-0.39, 0.29) is 30.3 Å². The molecular weight excluding hydrogens is 507 g/mol. The number of thioether (sulfide) groups is 1. The van der Waals surface area contributed by atoms with Crippen LogP contribution in [0.25, 0.3) is 0 Å². The van der Waals surface area contributed by atoms with Crippen LogP contribution in [0.4, 0.5) is 5.69 Å². The van der Waals surface area contributed by atoms with Crippen molar-refractivity contribution in [3.8, 4) is 0 Å². The number of amides is 3. The molecule has 3 atom stereocenters. The van der Waals surface area contributed by atoms with Crippen molar-refractivity contribution in [1.29, 1.82) is 0 Å². The van der Waals surface area contributed by atoms with Crippen molar-refractivity contribution in [1.82, 2.24) is 10.6 Å². The third-order valence-electron chi connectivity index (χ3n) is 3.88. The summed E-state index contributed by atoms with van der Waals surface area (Å²) in [5.74, 6) is -4.33. The third-order valence-corrected chi connectivity index (χ3v) is 6.16. The normalized spacial score (nSPS) is 12.7. The smallest absolute Gasteiger partial charge is 0.480 e. The Morgan fingerprint density at radius 2 is 1.72 bits per heavy atom. The molecule has 0 bridgehead atoms. The second kappa shape index (κ2) is 14.5. The van der Waals surface area contributed by atoms with Crippen molar-refractivity contribution >= 4 is 67.6 Å². The molecule has 0 saturated carbocycles. The molecule has 0 aliphatic heterocycles. The number of nitrogens with two attached hydrogens (primary N) is 1. The Balaban J connectivity index is 2.58. The average molecular weight is 532 g/mol. The summed E-state index contributed by atoms with van der Waals surface area (Å²) in [7, 11) is 0. The molecule has 3 unspecified atom stereocenters. The Morgan fingerprint density at radius 1 is 1.06 bits per heavy atom. The fourth-order valence-corrected chi connectivity index (χ4v) is 3.75. The molecule has 0 spiro atoms. The molecule has 1 aromatic rings. The molecule has 14 heteroatoms. The van der Waals surface area contributed by atoms with E-state index in [0.717, 1.165) is 16.1 Å². The maximum atomic E-state index is 12.2. The van der Waals surface area contributed by atoms with Crippen LogP contribution in [0.2, 0.25) is 0 Å². The van der Waals surface area contributed by atoms with E-state index >= 15 is 0 Å². The van der Waals surface area contributed by atoms with E-state index < -0.39 is 58.5 Å². The fraction of sp³-hybridized carbons (Fsp3) is 0.389.